The smallest absolute Gasteiger partial charge is 0.306 e. The van der Waals surface area contributed by atoms with E-state index in [4.69, 9.17) is 23.7 Å². The molecule has 55 heavy (non-hydrogen) atoms. The van der Waals surface area contributed by atoms with E-state index in [0.29, 0.717) is 18.4 Å². The molecular formula is C39H70O16. The van der Waals surface area contributed by atoms with Crippen LogP contribution in [0.2, 0.25) is 0 Å². The number of esters is 2. The molecule has 1 saturated heterocycles. The largest absolute Gasteiger partial charge is 0.458 e. The molecule has 1 rings (SSSR count). The Bertz CT molecular complexity index is 1140. The second kappa shape index (κ2) is 26.8. The molecule has 0 saturated carbocycles. The zero-order valence-electron chi connectivity index (χ0n) is 33.5. The highest BCUT2D eigenvalue weighted by molar-refractivity contribution is 5.69. The fourth-order valence-electron chi connectivity index (χ4n) is 6.17. The average Bonchev–Trinajstić information content (AvgIpc) is 3.13. The molecule has 0 bridgehead atoms. The number of carbonyl (C=O) groups excluding carboxylic acids is 2. The number of hydrogen-bond acceptors (Lipinski definition) is 16. The van der Waals surface area contributed by atoms with Crippen LogP contribution in [0.4, 0.5) is 0 Å². The maximum absolute atomic E-state index is 13.0. The van der Waals surface area contributed by atoms with Crippen LogP contribution in [0, 0.1) is 0 Å². The third-order valence-electron chi connectivity index (χ3n) is 9.69. The van der Waals surface area contributed by atoms with Crippen LogP contribution in [0.1, 0.15) is 112 Å². The number of aliphatic hydroxyl groups is 9. The summed E-state index contributed by atoms with van der Waals surface area (Å²) < 4.78 is 29.0. The van der Waals surface area contributed by atoms with Gasteiger partial charge < -0.3 is 69.6 Å². The minimum absolute atomic E-state index is 0.0415. The topological polar surface area (TPSA) is 262 Å². The highest BCUT2D eigenvalue weighted by Crippen LogP contribution is 2.33. The van der Waals surface area contributed by atoms with E-state index >= 15 is 0 Å². The van der Waals surface area contributed by atoms with Gasteiger partial charge in [-0.15, -0.1) is 0 Å². The summed E-state index contributed by atoms with van der Waals surface area (Å²) in [4.78, 5) is 25.3. The summed E-state index contributed by atoms with van der Waals surface area (Å²) in [6.07, 6.45) is -6.28. The summed E-state index contributed by atoms with van der Waals surface area (Å²) in [5.41, 5.74) is -0.310. The SMILES string of the molecule is CCCCCCCCCC(=O)O[C@@H]1[C@H](O[C@@H](C[C@H](OC(C)=O)/C(C)=C/CO[C@@H]([C@H](O)[C@H](O)CO)[C@H](O)CO)[C@](C)(O)CCC=C(C)C)O[C@H](CO)[C@@H](O)[C@@H]1O. The second-order valence-corrected chi connectivity index (χ2v) is 14.9. The van der Waals surface area contributed by atoms with E-state index in [0.717, 1.165) is 44.1 Å². The summed E-state index contributed by atoms with van der Waals surface area (Å²) in [6, 6.07) is 0. The molecule has 322 valence electrons. The highest BCUT2D eigenvalue weighted by atomic mass is 16.7. The summed E-state index contributed by atoms with van der Waals surface area (Å²) in [6.45, 7) is 7.48. The maximum atomic E-state index is 13.0. The fraction of sp³-hybridized carbons (Fsp3) is 0.846. The molecule has 12 atom stereocenters. The first kappa shape index (κ1) is 51.0. The molecule has 1 aliphatic rings. The molecule has 0 aromatic carbocycles. The lowest BCUT2D eigenvalue weighted by molar-refractivity contribution is -0.326. The first-order valence-corrected chi connectivity index (χ1v) is 19.5. The Morgan fingerprint density at radius 3 is 2.05 bits per heavy atom. The first-order chi connectivity index (χ1) is 25.9. The van der Waals surface area contributed by atoms with E-state index in [1.165, 1.54) is 19.9 Å². The van der Waals surface area contributed by atoms with Crippen LogP contribution in [0.5, 0.6) is 0 Å². The molecule has 1 aliphatic heterocycles. The molecule has 16 nitrogen and oxygen atoms in total. The van der Waals surface area contributed by atoms with Gasteiger partial charge in [-0.25, -0.2) is 0 Å². The molecule has 9 N–H and O–H groups in total. The molecule has 0 amide bonds. The van der Waals surface area contributed by atoms with Crippen molar-refractivity contribution in [1.82, 2.24) is 0 Å². The minimum atomic E-state index is -1.76. The highest BCUT2D eigenvalue weighted by Gasteiger charge is 2.50. The van der Waals surface area contributed by atoms with Gasteiger partial charge in [0.05, 0.1) is 38.1 Å². The number of rotatable bonds is 28. The van der Waals surface area contributed by atoms with Gasteiger partial charge in [-0.05, 0) is 52.5 Å². The van der Waals surface area contributed by atoms with Gasteiger partial charge >= 0.3 is 11.9 Å². The Labute approximate surface area is 325 Å². The molecular weight excluding hydrogens is 724 g/mol. The van der Waals surface area contributed by atoms with Crippen LogP contribution in [-0.2, 0) is 33.3 Å². The van der Waals surface area contributed by atoms with Crippen molar-refractivity contribution in [2.75, 3.05) is 26.4 Å². The predicted molar refractivity (Wildman–Crippen MR) is 200 cm³/mol. The Kier molecular flexibility index (Phi) is 24.8. The van der Waals surface area contributed by atoms with Gasteiger partial charge in [0.1, 0.15) is 48.8 Å². The third kappa shape index (κ3) is 18.4. The van der Waals surface area contributed by atoms with Gasteiger partial charge in [0.2, 0.25) is 0 Å². The van der Waals surface area contributed by atoms with Gasteiger partial charge in [-0.1, -0.05) is 63.2 Å². The quantitative estimate of drug-likeness (QED) is 0.0305. The molecule has 0 radical (unpaired) electrons. The van der Waals surface area contributed by atoms with E-state index in [-0.39, 0.29) is 25.9 Å². The maximum Gasteiger partial charge on any atom is 0.306 e. The van der Waals surface area contributed by atoms with Gasteiger partial charge in [0.15, 0.2) is 12.4 Å². The number of allylic oxidation sites excluding steroid dienone is 2. The van der Waals surface area contributed by atoms with Crippen molar-refractivity contribution >= 4 is 11.9 Å². The van der Waals surface area contributed by atoms with Crippen LogP contribution in [0.15, 0.2) is 23.3 Å². The molecule has 0 aliphatic carbocycles. The lowest BCUT2D eigenvalue weighted by atomic mass is 9.87. The van der Waals surface area contributed by atoms with E-state index in [9.17, 15) is 55.5 Å². The van der Waals surface area contributed by atoms with Gasteiger partial charge in [-0.2, -0.15) is 0 Å². The van der Waals surface area contributed by atoms with Crippen molar-refractivity contribution in [1.29, 1.82) is 0 Å². The van der Waals surface area contributed by atoms with Crippen LogP contribution in [0.3, 0.4) is 0 Å². The van der Waals surface area contributed by atoms with Gasteiger partial charge in [0.25, 0.3) is 0 Å². The van der Waals surface area contributed by atoms with Crippen molar-refractivity contribution in [3.8, 4) is 0 Å². The minimum Gasteiger partial charge on any atom is -0.458 e. The zero-order valence-corrected chi connectivity index (χ0v) is 33.5. The molecule has 16 heteroatoms. The number of carbonyl (C=O) groups is 2. The Morgan fingerprint density at radius 1 is 0.873 bits per heavy atom. The van der Waals surface area contributed by atoms with Crippen LogP contribution in [0.25, 0.3) is 0 Å². The molecule has 0 aromatic rings. The monoisotopic (exact) mass is 794 g/mol. The molecule has 0 spiro atoms. The Balaban J connectivity index is 3.43. The van der Waals surface area contributed by atoms with Crippen molar-refractivity contribution in [3.05, 3.63) is 23.3 Å². The predicted octanol–water partition coefficient (Wildman–Crippen LogP) is 1.08. The molecule has 0 unspecified atom stereocenters. The van der Waals surface area contributed by atoms with Crippen molar-refractivity contribution in [2.45, 2.75) is 185 Å². The first-order valence-electron chi connectivity index (χ1n) is 19.5. The molecule has 0 aromatic heterocycles. The normalized spacial score (nSPS) is 24.9. The molecule has 1 heterocycles. The molecule has 1 fully saturated rings. The zero-order chi connectivity index (χ0) is 41.7. The van der Waals surface area contributed by atoms with Crippen molar-refractivity contribution < 1.29 is 79.2 Å². The number of unbranched alkanes of at least 4 members (excludes halogenated alkanes) is 6. The summed E-state index contributed by atoms with van der Waals surface area (Å²) in [5.74, 6) is -1.35. The third-order valence-corrected chi connectivity index (χ3v) is 9.69. The van der Waals surface area contributed by atoms with Gasteiger partial charge in [0, 0.05) is 19.8 Å². The second-order valence-electron chi connectivity index (χ2n) is 14.9. The van der Waals surface area contributed by atoms with E-state index in [2.05, 4.69) is 6.92 Å². The standard InChI is InChI=1S/C39H70O16/c1-7-8-9-10-11-12-13-16-32(46)55-37-35(49)34(48)30(23-42)53-38(37)54-31(39(6,50)18-14-15-24(2)3)20-29(52-26(5)43)25(4)17-19-51-36(28(45)22-41)33(47)27(44)21-40/h15,17,27-31,33-38,40-42,44-45,47-50H,7-14,16,18-23H2,1-6H3/b25-17+/t27-,28-,29+,30-,31+,33-,34-,35+,36-,37+,38+,39-/m1/s1. The van der Waals surface area contributed by atoms with E-state index in [1.807, 2.05) is 19.9 Å². The van der Waals surface area contributed by atoms with E-state index in [1.54, 1.807) is 6.92 Å². The fourth-order valence-corrected chi connectivity index (χ4v) is 6.17. The summed E-state index contributed by atoms with van der Waals surface area (Å²) in [7, 11) is 0. The van der Waals surface area contributed by atoms with Gasteiger partial charge in [-0.3, -0.25) is 9.59 Å². The number of aliphatic hydroxyl groups excluding tert-OH is 8. The van der Waals surface area contributed by atoms with Crippen LogP contribution >= 0.6 is 0 Å². The van der Waals surface area contributed by atoms with Crippen molar-refractivity contribution in [3.63, 3.8) is 0 Å². The van der Waals surface area contributed by atoms with Crippen molar-refractivity contribution in [2.24, 2.45) is 0 Å². The van der Waals surface area contributed by atoms with Crippen LogP contribution < -0.4 is 0 Å². The van der Waals surface area contributed by atoms with E-state index < -0.39 is 105 Å². The average molecular weight is 795 g/mol. The Hall–Kier alpha value is -2.06. The summed E-state index contributed by atoms with van der Waals surface area (Å²) in [5, 5.41) is 92.7. The number of hydrogen-bond donors (Lipinski definition) is 9. The number of ether oxygens (including phenoxy) is 5. The lowest BCUT2D eigenvalue weighted by Gasteiger charge is -2.44. The Morgan fingerprint density at radius 2 is 1.49 bits per heavy atom. The van der Waals surface area contributed by atoms with Crippen LogP contribution in [-0.4, -0.2) is 157 Å². The lowest BCUT2D eigenvalue weighted by Crippen LogP contribution is -2.62. The summed E-state index contributed by atoms with van der Waals surface area (Å²) >= 11 is 0.